The molecule has 0 radical (unpaired) electrons. The van der Waals surface area contributed by atoms with Crippen molar-refractivity contribution in [3.05, 3.63) is 63.1 Å². The van der Waals surface area contributed by atoms with E-state index in [1.165, 1.54) is 30.3 Å². The number of hydrogen-bond donors (Lipinski definition) is 1. The van der Waals surface area contributed by atoms with Crippen molar-refractivity contribution in [3.8, 4) is 5.75 Å². The van der Waals surface area contributed by atoms with Crippen molar-refractivity contribution in [2.45, 2.75) is 6.92 Å². The molecule has 1 aliphatic rings. The lowest BCUT2D eigenvalue weighted by molar-refractivity contribution is -0.145. The number of ether oxygens (including phenoxy) is 2. The molecule has 31 heavy (non-hydrogen) atoms. The summed E-state index contributed by atoms with van der Waals surface area (Å²) < 4.78 is 11.0. The van der Waals surface area contributed by atoms with Crippen molar-refractivity contribution in [2.75, 3.05) is 18.1 Å². The third-order valence-corrected chi connectivity index (χ3v) is 4.85. The van der Waals surface area contributed by atoms with E-state index in [9.17, 15) is 19.2 Å². The van der Waals surface area contributed by atoms with Gasteiger partial charge in [-0.25, -0.2) is 14.5 Å². The van der Waals surface area contributed by atoms with Crippen molar-refractivity contribution < 1.29 is 28.7 Å². The zero-order chi connectivity index (χ0) is 22.5. The third kappa shape index (κ3) is 5.31. The van der Waals surface area contributed by atoms with Crippen LogP contribution in [0.3, 0.4) is 0 Å². The van der Waals surface area contributed by atoms with Gasteiger partial charge in [0.15, 0.2) is 6.61 Å². The average Bonchev–Trinajstić information content (AvgIpc) is 2.72. The minimum absolute atomic E-state index is 0.211. The van der Waals surface area contributed by atoms with Crippen LogP contribution in [0.15, 0.2) is 52.5 Å². The Morgan fingerprint density at radius 3 is 2.55 bits per heavy atom. The lowest BCUT2D eigenvalue weighted by Crippen LogP contribution is -2.54. The fourth-order valence-corrected chi connectivity index (χ4v) is 3.25. The van der Waals surface area contributed by atoms with E-state index in [1.54, 1.807) is 25.1 Å². The summed E-state index contributed by atoms with van der Waals surface area (Å²) in [5.74, 6) is -1.97. The van der Waals surface area contributed by atoms with Crippen LogP contribution < -0.4 is 15.0 Å². The predicted octanol–water partition coefficient (Wildman–Crippen LogP) is 3.71. The van der Waals surface area contributed by atoms with Gasteiger partial charge in [0.05, 0.1) is 12.3 Å². The first kappa shape index (κ1) is 22.5. The van der Waals surface area contributed by atoms with Gasteiger partial charge in [-0.2, -0.15) is 0 Å². The molecule has 0 saturated carbocycles. The first-order valence-corrected chi connectivity index (χ1v) is 10.2. The second-order valence-corrected chi connectivity index (χ2v) is 7.56. The molecule has 3 rings (SSSR count). The number of halogens is 2. The van der Waals surface area contributed by atoms with Crippen LogP contribution in [0.2, 0.25) is 5.02 Å². The summed E-state index contributed by atoms with van der Waals surface area (Å²) in [6.07, 6.45) is 1.29. The summed E-state index contributed by atoms with van der Waals surface area (Å²) in [6.45, 7) is 1.54. The van der Waals surface area contributed by atoms with Gasteiger partial charge in [-0.3, -0.25) is 14.9 Å². The van der Waals surface area contributed by atoms with Crippen LogP contribution in [0.5, 0.6) is 5.75 Å². The second-order valence-electron chi connectivity index (χ2n) is 6.21. The lowest BCUT2D eigenvalue weighted by atomic mass is 10.1. The number of nitrogens with zero attached hydrogens (tertiary/aromatic N) is 1. The normalized spacial score (nSPS) is 15.1. The molecular weight excluding hydrogens is 492 g/mol. The molecule has 1 aliphatic heterocycles. The summed E-state index contributed by atoms with van der Waals surface area (Å²) in [5, 5.41) is 2.57. The Kier molecular flexibility index (Phi) is 7.09. The molecule has 8 nitrogen and oxygen atoms in total. The number of barbiturate groups is 1. The molecule has 0 unspecified atom stereocenters. The first-order chi connectivity index (χ1) is 14.8. The molecule has 160 valence electrons. The fourth-order valence-electron chi connectivity index (χ4n) is 2.74. The number of carbonyl (C=O) groups is 4. The molecule has 4 amide bonds. The van der Waals surface area contributed by atoms with Gasteiger partial charge in [-0.15, -0.1) is 0 Å². The van der Waals surface area contributed by atoms with Crippen molar-refractivity contribution in [1.82, 2.24) is 5.32 Å². The Balaban J connectivity index is 1.95. The van der Waals surface area contributed by atoms with Gasteiger partial charge in [-0.1, -0.05) is 27.5 Å². The van der Waals surface area contributed by atoms with Crippen LogP contribution in [0.1, 0.15) is 12.5 Å². The van der Waals surface area contributed by atoms with Crippen LogP contribution in [0.4, 0.5) is 10.5 Å². The zero-order valence-corrected chi connectivity index (χ0v) is 18.5. The average molecular weight is 508 g/mol. The Morgan fingerprint density at radius 1 is 1.16 bits per heavy atom. The van der Waals surface area contributed by atoms with Crippen LogP contribution >= 0.6 is 27.5 Å². The number of hydrogen-bond acceptors (Lipinski definition) is 6. The highest BCUT2D eigenvalue weighted by Crippen LogP contribution is 2.28. The van der Waals surface area contributed by atoms with E-state index in [1.807, 2.05) is 0 Å². The number of anilines is 1. The maximum absolute atomic E-state index is 13.0. The van der Waals surface area contributed by atoms with E-state index in [-0.39, 0.29) is 30.2 Å². The molecule has 1 fully saturated rings. The Morgan fingerprint density at radius 2 is 1.87 bits per heavy atom. The summed E-state index contributed by atoms with van der Waals surface area (Å²) in [4.78, 5) is 50.1. The zero-order valence-electron chi connectivity index (χ0n) is 16.2. The molecule has 1 saturated heterocycles. The maximum atomic E-state index is 13.0. The molecule has 0 spiro atoms. The number of nitrogens with one attached hydrogen (secondary N) is 1. The number of rotatable bonds is 6. The SMILES string of the molecule is CCOC(=O)COc1ccc(Br)cc1C=C1C(=O)NC(=O)N(c2ccc(Cl)cc2)C1=O. The minimum atomic E-state index is -0.873. The Labute approximate surface area is 190 Å². The van der Waals surface area contributed by atoms with Crippen LogP contribution in [0.25, 0.3) is 6.08 Å². The molecule has 2 aromatic carbocycles. The maximum Gasteiger partial charge on any atom is 0.344 e. The van der Waals surface area contributed by atoms with E-state index >= 15 is 0 Å². The summed E-state index contributed by atoms with van der Waals surface area (Å²) >= 11 is 9.19. The molecule has 1 N–H and O–H groups in total. The lowest BCUT2D eigenvalue weighted by Gasteiger charge is -2.26. The van der Waals surface area contributed by atoms with Gasteiger partial charge in [0.2, 0.25) is 0 Å². The third-order valence-electron chi connectivity index (χ3n) is 4.11. The van der Waals surface area contributed by atoms with E-state index in [0.29, 0.717) is 15.1 Å². The largest absolute Gasteiger partial charge is 0.481 e. The molecule has 0 aliphatic carbocycles. The highest BCUT2D eigenvalue weighted by molar-refractivity contribution is 9.10. The molecule has 0 atom stereocenters. The standard InChI is InChI=1S/C21H16BrClN2O6/c1-2-30-18(26)11-31-17-8-3-13(22)9-12(17)10-16-19(27)24-21(29)25(20(16)28)15-6-4-14(23)5-7-15/h3-10H,2,11H2,1H3,(H,24,27,29). The van der Waals surface area contributed by atoms with Crippen molar-refractivity contribution in [2.24, 2.45) is 0 Å². The number of benzene rings is 2. The van der Waals surface area contributed by atoms with Gasteiger partial charge in [0.1, 0.15) is 11.3 Å². The number of esters is 1. The van der Waals surface area contributed by atoms with Crippen molar-refractivity contribution >= 4 is 63.1 Å². The smallest absolute Gasteiger partial charge is 0.344 e. The second kappa shape index (κ2) is 9.76. The Hall–Kier alpha value is -3.17. The molecule has 0 bridgehead atoms. The Bertz CT molecular complexity index is 1080. The molecule has 0 aromatic heterocycles. The summed E-state index contributed by atoms with van der Waals surface area (Å²) in [6, 6.07) is 10.00. The number of carbonyl (C=O) groups excluding carboxylic acids is 4. The quantitative estimate of drug-likeness (QED) is 0.363. The molecular formula is C21H16BrClN2O6. The number of amides is 4. The molecule has 1 heterocycles. The molecule has 10 heteroatoms. The topological polar surface area (TPSA) is 102 Å². The first-order valence-electron chi connectivity index (χ1n) is 9.05. The van der Waals surface area contributed by atoms with E-state index in [0.717, 1.165) is 4.90 Å². The van der Waals surface area contributed by atoms with Gasteiger partial charge in [0.25, 0.3) is 11.8 Å². The van der Waals surface area contributed by atoms with Gasteiger partial charge < -0.3 is 9.47 Å². The summed E-state index contributed by atoms with van der Waals surface area (Å²) in [5.41, 5.74) is 0.314. The van der Waals surface area contributed by atoms with Crippen LogP contribution in [0, 0.1) is 0 Å². The number of imide groups is 2. The highest BCUT2D eigenvalue weighted by Gasteiger charge is 2.37. The van der Waals surface area contributed by atoms with Crippen molar-refractivity contribution in [3.63, 3.8) is 0 Å². The fraction of sp³-hybridized carbons (Fsp3) is 0.143. The van der Waals surface area contributed by atoms with E-state index < -0.39 is 23.8 Å². The van der Waals surface area contributed by atoms with Crippen molar-refractivity contribution in [1.29, 1.82) is 0 Å². The monoisotopic (exact) mass is 506 g/mol. The molecule has 2 aromatic rings. The summed E-state index contributed by atoms with van der Waals surface area (Å²) in [7, 11) is 0. The van der Waals surface area contributed by atoms with Crippen LogP contribution in [-0.2, 0) is 19.1 Å². The van der Waals surface area contributed by atoms with Gasteiger partial charge in [0, 0.05) is 15.1 Å². The van der Waals surface area contributed by atoms with E-state index in [2.05, 4.69) is 21.2 Å². The van der Waals surface area contributed by atoms with E-state index in [4.69, 9.17) is 21.1 Å². The van der Waals surface area contributed by atoms with Crippen LogP contribution in [-0.4, -0.2) is 37.0 Å². The predicted molar refractivity (Wildman–Crippen MR) is 117 cm³/mol. The highest BCUT2D eigenvalue weighted by atomic mass is 79.9. The minimum Gasteiger partial charge on any atom is -0.481 e. The van der Waals surface area contributed by atoms with Gasteiger partial charge >= 0.3 is 12.0 Å². The number of urea groups is 1. The van der Waals surface area contributed by atoms with Gasteiger partial charge in [-0.05, 0) is 55.5 Å².